The molecular weight excluding hydrogens is 1870 g/mol. The van der Waals surface area contributed by atoms with E-state index >= 15 is 0 Å². The lowest BCUT2D eigenvalue weighted by Crippen LogP contribution is -2.44. The quantitative estimate of drug-likeness (QED) is 0.0630. The largest absolute Gasteiger partial charge is 0.414 e. The van der Waals surface area contributed by atoms with Crippen LogP contribution in [0, 0.1) is 0 Å². The van der Waals surface area contributed by atoms with E-state index in [-0.39, 0.29) is 25.4 Å². The van der Waals surface area contributed by atoms with E-state index < -0.39 is 31.4 Å². The van der Waals surface area contributed by atoms with Crippen molar-refractivity contribution in [2.24, 2.45) is 0 Å². The normalized spacial score (nSPS) is 26.7. The van der Waals surface area contributed by atoms with Crippen LogP contribution in [0.1, 0.15) is 311 Å². The highest BCUT2D eigenvalue weighted by molar-refractivity contribution is 7.21. The number of aliphatic hydroxyl groups is 4. The van der Waals surface area contributed by atoms with Gasteiger partial charge in [-0.15, -0.1) is 116 Å². The minimum absolute atomic E-state index is 0.0648. The first-order chi connectivity index (χ1) is 57.6. The maximum absolute atomic E-state index is 8.97. The summed E-state index contributed by atoms with van der Waals surface area (Å²) in [6.07, 6.45) is 36.0. The predicted octanol–water partition coefficient (Wildman–Crippen LogP) is 34.0. The smallest absolute Gasteiger partial charge is 0.192 e. The van der Waals surface area contributed by atoms with Crippen molar-refractivity contribution in [2.45, 2.75) is 478 Å². The minimum Gasteiger partial charge on any atom is -0.414 e. The zero-order valence-electron chi connectivity index (χ0n) is 80.2. The van der Waals surface area contributed by atoms with Crippen LogP contribution in [0.4, 0.5) is 0 Å². The first kappa shape index (κ1) is 123. The predicted molar refractivity (Wildman–Crippen MR) is 561 cm³/mol. The summed E-state index contributed by atoms with van der Waals surface area (Å²) in [7, 11) is -5.89. The van der Waals surface area contributed by atoms with Gasteiger partial charge in [-0.1, -0.05) is 231 Å². The Morgan fingerprint density at radius 1 is 0.250 bits per heavy atom. The van der Waals surface area contributed by atoms with Gasteiger partial charge in [0.25, 0.3) is 0 Å². The van der Waals surface area contributed by atoms with Crippen LogP contribution in [0.15, 0.2) is 121 Å². The second-order valence-corrected chi connectivity index (χ2v) is 71.3. The van der Waals surface area contributed by atoms with Crippen LogP contribution in [0.2, 0.25) is 72.5 Å². The first-order valence-electron chi connectivity index (χ1n) is 46.8. The van der Waals surface area contributed by atoms with Crippen LogP contribution in [0.5, 0.6) is 0 Å². The van der Waals surface area contributed by atoms with Crippen LogP contribution in [0.3, 0.4) is 0 Å². The van der Waals surface area contributed by atoms with Crippen LogP contribution < -0.4 is 0 Å². The van der Waals surface area contributed by atoms with E-state index in [4.69, 9.17) is 177 Å². The fourth-order valence-electron chi connectivity index (χ4n) is 12.7. The number of aliphatic hydroxyl groups excluding tert-OH is 4. The van der Waals surface area contributed by atoms with Crippen LogP contribution in [0.25, 0.3) is 0 Å². The van der Waals surface area contributed by atoms with Gasteiger partial charge >= 0.3 is 0 Å². The molecule has 0 spiro atoms. The second-order valence-electron chi connectivity index (χ2n) is 41.1. The van der Waals surface area contributed by atoms with Gasteiger partial charge < -0.3 is 38.8 Å². The molecule has 124 heavy (non-hydrogen) atoms. The third kappa shape index (κ3) is 61.1. The molecule has 0 heterocycles. The SMILES string of the molecule is CC(C)(C)[Si](C)(C)Cl.CC(C)(C)[Si](C)(C)Cl.CC(C)(C)[Si](C)(C)OC1CCC(Cl)CC1.CC(C)(C)[Si](C)(C)OC1CCC(Cl)CC1.ClC1CCC(Cl)CC1.ClC1CCC(Cl)CC1.ClC1CCC(OCc2ccccc2)CC1.ClC1CCC(OCc2ccccc2)CC1.OC1CCC(Cl)CC1.OC1CCC(Cl)CC1.OCc1ccccc1.OCc1ccccc1. The highest BCUT2D eigenvalue weighted by Crippen LogP contribution is 2.43. The average molecular weight is 2040 g/mol. The molecule has 0 radical (unpaired) electrons. The molecule has 0 atom stereocenters. The second kappa shape index (κ2) is 65.6. The van der Waals surface area contributed by atoms with E-state index in [0.717, 1.165) is 230 Å². The molecule has 0 bridgehead atoms. The number of hydrogen-bond donors (Lipinski definition) is 4. The molecule has 0 amide bonds. The van der Waals surface area contributed by atoms with Gasteiger partial charge in [0.2, 0.25) is 0 Å². The van der Waals surface area contributed by atoms with Crippen molar-refractivity contribution >= 4 is 170 Å². The Morgan fingerprint density at radius 3 is 0.548 bits per heavy atom. The number of rotatable bonds is 12. The van der Waals surface area contributed by atoms with Crippen molar-refractivity contribution in [1.82, 2.24) is 0 Å². The molecule has 4 aromatic rings. The number of halogens is 12. The van der Waals surface area contributed by atoms with Gasteiger partial charge in [0, 0.05) is 66.0 Å². The number of ether oxygens (including phenoxy) is 2. The molecule has 8 fully saturated rings. The Bertz CT molecular complexity index is 2820. The standard InChI is InChI=1S/2C13H17ClO.2C12H25ClOSi.2C7H8O.2C6H10Cl2.2C6H11ClO.2C6H15ClSi/c2*14-12-6-8-13(9-7-12)15-10-11-4-2-1-3-5-11;2*1-12(2,3)15(4,5)14-11-8-6-10(13)7-9-11;2*8-6-7-4-2-1-3-5-7;2*7-5-1-2-6(8)4-3-5;2*7-5-1-3-6(8)4-2-5;2*1-6(2,3)8(4,5)7/h2*1-5,12-13H,6-10H2;2*10-11H,6-9H2,1-5H3;2*1-5,8H,6H2;2*5-6H,1-4H2;2*5-6,8H,1-4H2;2*1-5H3. The lowest BCUT2D eigenvalue weighted by atomic mass is 9.97. The number of alkyl halides is 10. The highest BCUT2D eigenvalue weighted by atomic mass is 35.6. The van der Waals surface area contributed by atoms with E-state index in [1.165, 1.54) is 11.1 Å². The zero-order valence-corrected chi connectivity index (χ0v) is 93.3. The van der Waals surface area contributed by atoms with Crippen molar-refractivity contribution in [1.29, 1.82) is 0 Å². The van der Waals surface area contributed by atoms with Gasteiger partial charge in [0.15, 0.2) is 31.4 Å². The van der Waals surface area contributed by atoms with E-state index in [1.807, 2.05) is 97.1 Å². The fraction of sp³-hybridized carbons (Fsp3) is 0.760. The molecule has 0 saturated heterocycles. The maximum Gasteiger partial charge on any atom is 0.192 e. The highest BCUT2D eigenvalue weighted by Gasteiger charge is 2.42. The third-order valence-electron chi connectivity index (χ3n) is 25.6. The summed E-state index contributed by atoms with van der Waals surface area (Å²) in [5.41, 5.74) is 4.44. The molecule has 8 nitrogen and oxygen atoms in total. The van der Waals surface area contributed by atoms with Crippen molar-refractivity contribution in [3.8, 4) is 0 Å². The van der Waals surface area contributed by atoms with Crippen molar-refractivity contribution < 1.29 is 38.8 Å². The van der Waals surface area contributed by atoms with Gasteiger partial charge in [-0.05, 0) is 274 Å². The topological polar surface area (TPSA) is 118 Å². The van der Waals surface area contributed by atoms with E-state index in [1.54, 1.807) is 0 Å². The van der Waals surface area contributed by atoms with E-state index in [9.17, 15) is 0 Å². The lowest BCUT2D eigenvalue weighted by molar-refractivity contribution is 0.0174. The summed E-state index contributed by atoms with van der Waals surface area (Å²) in [5, 5.41) is 40.2. The van der Waals surface area contributed by atoms with E-state index in [2.05, 4.69) is 160 Å². The Labute approximate surface area is 822 Å². The Kier molecular flexibility index (Phi) is 65.0. The summed E-state index contributed by atoms with van der Waals surface area (Å²) in [6, 6.07) is 39.7. The summed E-state index contributed by atoms with van der Waals surface area (Å²) in [6.45, 7) is 46.8. The van der Waals surface area contributed by atoms with Crippen LogP contribution in [-0.2, 0) is 44.8 Å². The molecule has 4 aromatic carbocycles. The molecule has 720 valence electrons. The van der Waals surface area contributed by atoms with Gasteiger partial charge in [0.1, 0.15) is 0 Å². The van der Waals surface area contributed by atoms with Gasteiger partial charge in [0.05, 0.1) is 50.8 Å². The summed E-state index contributed by atoms with van der Waals surface area (Å²) in [5.74, 6) is 0. The maximum atomic E-state index is 8.97. The minimum atomic E-state index is -1.56. The molecule has 0 unspecified atom stereocenters. The summed E-state index contributed by atoms with van der Waals surface area (Å²) >= 11 is 71.4. The molecule has 24 heteroatoms. The van der Waals surface area contributed by atoms with Crippen molar-refractivity contribution in [2.75, 3.05) is 0 Å². The molecular formula is C100H172Cl12O8Si4. The first-order valence-corrected chi connectivity index (χ1v) is 65.0. The summed E-state index contributed by atoms with van der Waals surface area (Å²) in [4.78, 5) is 0. The Balaban J connectivity index is 0.000000684. The summed E-state index contributed by atoms with van der Waals surface area (Å²) < 4.78 is 24.5. The molecule has 0 aromatic heterocycles. The Morgan fingerprint density at radius 2 is 0.403 bits per heavy atom. The van der Waals surface area contributed by atoms with E-state index in [0.29, 0.717) is 98.3 Å². The van der Waals surface area contributed by atoms with Gasteiger partial charge in [-0.3, -0.25) is 0 Å². The van der Waals surface area contributed by atoms with Gasteiger partial charge in [-0.2, -0.15) is 22.2 Å². The molecule has 12 rings (SSSR count). The monoisotopic (exact) mass is 2030 g/mol. The third-order valence-corrected chi connectivity index (χ3v) is 49.6. The molecule has 4 N–H and O–H groups in total. The molecule has 0 aliphatic heterocycles. The van der Waals surface area contributed by atoms with Crippen LogP contribution in [-0.4, -0.2) is 142 Å². The Hall–Kier alpha value is 0.908. The average Bonchev–Trinajstić information content (AvgIpc) is 0.826. The van der Waals surface area contributed by atoms with Crippen molar-refractivity contribution in [3.05, 3.63) is 144 Å². The number of hydrogen-bond acceptors (Lipinski definition) is 8. The molecule has 8 aliphatic carbocycles. The van der Waals surface area contributed by atoms with Gasteiger partial charge in [-0.25, -0.2) is 0 Å². The molecule has 8 aliphatic rings. The lowest BCUT2D eigenvalue weighted by Gasteiger charge is -2.40. The molecule has 8 saturated carbocycles. The number of benzene rings is 4. The van der Waals surface area contributed by atoms with Crippen LogP contribution >= 0.6 is 138 Å². The fourth-order valence-corrected chi connectivity index (χ4v) is 18.0. The van der Waals surface area contributed by atoms with Crippen molar-refractivity contribution in [3.63, 3.8) is 0 Å². The zero-order chi connectivity index (χ0) is 94.0.